The second-order valence-corrected chi connectivity index (χ2v) is 7.50. The molecule has 1 nitrogen and oxygen atoms in total. The molecule has 0 heterocycles. The maximum absolute atomic E-state index is 5.83. The molecular weight excluding hydrogens is 560 g/mol. The molecule has 0 saturated carbocycles. The van der Waals surface area contributed by atoms with Gasteiger partial charge in [-0.05, 0) is 94.1 Å². The van der Waals surface area contributed by atoms with E-state index >= 15 is 0 Å². The Hall–Kier alpha value is 0.640. The van der Waals surface area contributed by atoms with Gasteiger partial charge in [0.2, 0.25) is 0 Å². The van der Waals surface area contributed by atoms with E-state index < -0.39 is 0 Å². The first kappa shape index (κ1) is 15.0. The number of halogens is 5. The van der Waals surface area contributed by atoms with Crippen molar-refractivity contribution in [1.82, 2.24) is 0 Å². The van der Waals surface area contributed by atoms with Gasteiger partial charge in [-0.15, -0.1) is 0 Å². The lowest BCUT2D eigenvalue weighted by molar-refractivity contribution is 0.478. The first-order chi connectivity index (χ1) is 8.49. The van der Waals surface area contributed by atoms with Crippen LogP contribution in [0.15, 0.2) is 52.7 Å². The average Bonchev–Trinajstić information content (AvgIpc) is 2.36. The van der Waals surface area contributed by atoms with Crippen LogP contribution >= 0.6 is 79.6 Å². The third-order valence-electron chi connectivity index (χ3n) is 2.11. The Kier molecular flexibility index (Phi) is 5.34. The summed E-state index contributed by atoms with van der Waals surface area (Å²) in [6.45, 7) is 0. The van der Waals surface area contributed by atoms with Gasteiger partial charge in [-0.25, -0.2) is 0 Å². The Balaban J connectivity index is 2.38. The number of rotatable bonds is 2. The predicted octanol–water partition coefficient (Wildman–Crippen LogP) is 7.29. The molecule has 0 saturated heterocycles. The van der Waals surface area contributed by atoms with Gasteiger partial charge in [0.25, 0.3) is 0 Å². The van der Waals surface area contributed by atoms with Crippen LogP contribution in [0.3, 0.4) is 0 Å². The normalized spacial score (nSPS) is 10.5. The topological polar surface area (TPSA) is 9.23 Å². The Labute approximate surface area is 147 Å². The number of hydrogen-bond acceptors (Lipinski definition) is 1. The lowest BCUT2D eigenvalue weighted by Crippen LogP contribution is -1.88. The molecule has 0 aliphatic heterocycles. The SMILES string of the molecule is Brc1ccc(Oc2cc(Br)c(Br)c(Br)c2Br)cc1. The smallest absolute Gasteiger partial charge is 0.143 e. The minimum Gasteiger partial charge on any atom is -0.456 e. The van der Waals surface area contributed by atoms with Crippen LogP contribution in [0.5, 0.6) is 11.5 Å². The summed E-state index contributed by atoms with van der Waals surface area (Å²) in [4.78, 5) is 0. The van der Waals surface area contributed by atoms with Crippen LogP contribution in [0, 0.1) is 0 Å². The molecule has 0 radical (unpaired) electrons. The largest absolute Gasteiger partial charge is 0.456 e. The molecule has 0 aliphatic rings. The van der Waals surface area contributed by atoms with Crippen molar-refractivity contribution in [1.29, 1.82) is 0 Å². The van der Waals surface area contributed by atoms with E-state index in [1.54, 1.807) is 0 Å². The van der Waals surface area contributed by atoms with Gasteiger partial charge in [0, 0.05) is 13.4 Å². The van der Waals surface area contributed by atoms with Crippen molar-refractivity contribution in [3.05, 3.63) is 52.7 Å². The summed E-state index contributed by atoms with van der Waals surface area (Å²) in [6.07, 6.45) is 0. The number of hydrogen-bond donors (Lipinski definition) is 0. The van der Waals surface area contributed by atoms with Gasteiger partial charge in [-0.2, -0.15) is 0 Å². The quantitative estimate of drug-likeness (QED) is 0.275. The fourth-order valence-electron chi connectivity index (χ4n) is 1.26. The molecule has 0 aliphatic carbocycles. The third kappa shape index (κ3) is 3.39. The number of ether oxygens (including phenoxy) is 1. The van der Waals surface area contributed by atoms with Crippen LogP contribution in [0.4, 0.5) is 0 Å². The van der Waals surface area contributed by atoms with Crippen LogP contribution in [0.2, 0.25) is 0 Å². The standard InChI is InChI=1S/C12H5Br5O/c13-6-1-3-7(4-2-6)18-9-5-8(14)10(15)12(17)11(9)16/h1-5H. The van der Waals surface area contributed by atoms with Crippen LogP contribution < -0.4 is 4.74 Å². The molecule has 0 N–H and O–H groups in total. The van der Waals surface area contributed by atoms with E-state index in [0.29, 0.717) is 0 Å². The molecule has 0 aromatic heterocycles. The Morgan fingerprint density at radius 1 is 0.722 bits per heavy atom. The molecule has 0 fully saturated rings. The molecule has 0 spiro atoms. The van der Waals surface area contributed by atoms with Crippen LogP contribution in [-0.2, 0) is 0 Å². The van der Waals surface area contributed by atoms with E-state index in [4.69, 9.17) is 4.74 Å². The first-order valence-corrected chi connectivity index (χ1v) is 8.72. The third-order valence-corrected chi connectivity index (χ3v) is 7.26. The second-order valence-electron chi connectivity index (χ2n) is 3.35. The lowest BCUT2D eigenvalue weighted by Gasteiger charge is -2.11. The molecular formula is C12H5Br5O. The van der Waals surface area contributed by atoms with Crippen LogP contribution in [0.25, 0.3) is 0 Å². The zero-order valence-corrected chi connectivity index (χ0v) is 16.6. The Morgan fingerprint density at radius 2 is 1.33 bits per heavy atom. The van der Waals surface area contributed by atoms with Crippen LogP contribution in [-0.4, -0.2) is 0 Å². The van der Waals surface area contributed by atoms with Crippen molar-refractivity contribution in [2.75, 3.05) is 0 Å². The van der Waals surface area contributed by atoms with Gasteiger partial charge in [-0.3, -0.25) is 0 Å². The molecule has 0 amide bonds. The lowest BCUT2D eigenvalue weighted by atomic mass is 10.3. The summed E-state index contributed by atoms with van der Waals surface area (Å²) in [5, 5.41) is 0. The van der Waals surface area contributed by atoms with E-state index in [0.717, 1.165) is 33.9 Å². The summed E-state index contributed by atoms with van der Waals surface area (Å²) in [5.41, 5.74) is 0. The Bertz CT molecular complexity index is 580. The van der Waals surface area contributed by atoms with E-state index in [9.17, 15) is 0 Å². The maximum Gasteiger partial charge on any atom is 0.143 e. The molecule has 0 bridgehead atoms. The molecule has 94 valence electrons. The van der Waals surface area contributed by atoms with Gasteiger partial charge < -0.3 is 4.74 Å². The first-order valence-electron chi connectivity index (χ1n) is 4.75. The fraction of sp³-hybridized carbons (Fsp3) is 0. The second kappa shape index (κ2) is 6.39. The maximum atomic E-state index is 5.83. The molecule has 2 aromatic rings. The van der Waals surface area contributed by atoms with Crippen molar-refractivity contribution in [2.45, 2.75) is 0 Å². The summed E-state index contributed by atoms with van der Waals surface area (Å²) in [5.74, 6) is 1.51. The van der Waals surface area contributed by atoms with Gasteiger partial charge in [0.1, 0.15) is 11.5 Å². The molecule has 2 aromatic carbocycles. The highest BCUT2D eigenvalue weighted by Gasteiger charge is 2.13. The van der Waals surface area contributed by atoms with E-state index in [-0.39, 0.29) is 0 Å². The molecule has 0 unspecified atom stereocenters. The van der Waals surface area contributed by atoms with Crippen molar-refractivity contribution >= 4 is 79.6 Å². The molecule has 0 atom stereocenters. The van der Waals surface area contributed by atoms with Crippen molar-refractivity contribution in [3.63, 3.8) is 0 Å². The monoisotopic (exact) mass is 560 g/mol. The molecule has 2 rings (SSSR count). The zero-order chi connectivity index (χ0) is 13.3. The van der Waals surface area contributed by atoms with Gasteiger partial charge in [0.05, 0.1) is 8.95 Å². The van der Waals surface area contributed by atoms with E-state index in [2.05, 4.69) is 79.6 Å². The average molecular weight is 565 g/mol. The highest BCUT2D eigenvalue weighted by molar-refractivity contribution is 9.15. The molecule has 6 heteroatoms. The highest BCUT2D eigenvalue weighted by Crippen LogP contribution is 2.43. The van der Waals surface area contributed by atoms with Gasteiger partial charge >= 0.3 is 0 Å². The summed E-state index contributed by atoms with van der Waals surface area (Å²) in [6, 6.07) is 9.58. The minimum absolute atomic E-state index is 0.735. The summed E-state index contributed by atoms with van der Waals surface area (Å²) < 4.78 is 10.5. The predicted molar refractivity (Wildman–Crippen MR) is 91.5 cm³/mol. The van der Waals surface area contributed by atoms with Crippen molar-refractivity contribution < 1.29 is 4.74 Å². The molecule has 18 heavy (non-hydrogen) atoms. The van der Waals surface area contributed by atoms with Crippen molar-refractivity contribution in [3.8, 4) is 11.5 Å². The highest BCUT2D eigenvalue weighted by atomic mass is 79.9. The van der Waals surface area contributed by atoms with Gasteiger partial charge in [0.15, 0.2) is 0 Å². The van der Waals surface area contributed by atoms with E-state index in [1.165, 1.54) is 0 Å². The summed E-state index contributed by atoms with van der Waals surface area (Å²) >= 11 is 17.3. The zero-order valence-electron chi connectivity index (χ0n) is 8.68. The fourth-order valence-corrected chi connectivity index (χ4v) is 3.57. The van der Waals surface area contributed by atoms with Crippen LogP contribution in [0.1, 0.15) is 0 Å². The van der Waals surface area contributed by atoms with Crippen molar-refractivity contribution in [2.24, 2.45) is 0 Å². The van der Waals surface area contributed by atoms with Gasteiger partial charge in [-0.1, -0.05) is 15.9 Å². The Morgan fingerprint density at radius 3 is 1.94 bits per heavy atom. The minimum atomic E-state index is 0.735. The summed E-state index contributed by atoms with van der Waals surface area (Å²) in [7, 11) is 0. The van der Waals surface area contributed by atoms with E-state index in [1.807, 2.05) is 30.3 Å². The number of benzene rings is 2.